The highest BCUT2D eigenvalue weighted by molar-refractivity contribution is 8.27. The molecule has 1 aliphatic heterocycles. The summed E-state index contributed by atoms with van der Waals surface area (Å²) in [5.74, 6) is -1.39. The number of carboxylic acid groups (broad SMARTS) is 1. The Kier molecular flexibility index (Phi) is 5.79. The summed E-state index contributed by atoms with van der Waals surface area (Å²) >= 11 is 12.8. The lowest BCUT2D eigenvalue weighted by Gasteiger charge is -2.17. The van der Waals surface area contributed by atoms with Gasteiger partial charge in [-0.25, -0.2) is 4.79 Å². The van der Waals surface area contributed by atoms with Crippen LogP contribution in [0.3, 0.4) is 0 Å². The van der Waals surface area contributed by atoms with Gasteiger partial charge in [0.15, 0.2) is 4.32 Å². The summed E-state index contributed by atoms with van der Waals surface area (Å²) in [6, 6.07) is 14.1. The number of hydrogen-bond donors (Lipinski definition) is 1. The summed E-state index contributed by atoms with van der Waals surface area (Å²) in [6.07, 6.45) is 3.33. The van der Waals surface area contributed by atoms with Gasteiger partial charge in [-0.2, -0.15) is 0 Å². The third-order valence-corrected chi connectivity index (χ3v) is 5.38. The molecule has 1 N–H and O–H groups in total. The zero-order valence-corrected chi connectivity index (χ0v) is 16.6. The maximum atomic E-state index is 12.9. The van der Waals surface area contributed by atoms with Crippen LogP contribution in [0.2, 0.25) is 0 Å². The molecule has 4 nitrogen and oxygen atoms in total. The maximum absolute atomic E-state index is 12.9. The van der Waals surface area contributed by atoms with E-state index < -0.39 is 5.97 Å². The second-order valence-corrected chi connectivity index (χ2v) is 7.88. The molecule has 1 saturated heterocycles. The number of aryl methyl sites for hydroxylation is 1. The number of nitrogens with zero attached hydrogens (tertiary/aromatic N) is 1. The molecule has 2 aromatic rings. The summed E-state index contributed by atoms with van der Waals surface area (Å²) in [7, 11) is 0. The van der Waals surface area contributed by atoms with Crippen molar-refractivity contribution in [1.29, 1.82) is 0 Å². The number of carboxylic acids is 1. The van der Waals surface area contributed by atoms with Crippen molar-refractivity contribution >= 4 is 63.5 Å². The van der Waals surface area contributed by atoms with Gasteiger partial charge < -0.3 is 5.11 Å². The van der Waals surface area contributed by atoms with E-state index in [0.717, 1.165) is 22.9 Å². The number of allylic oxidation sites excluding steroid dienone is 2. The topological polar surface area (TPSA) is 57.6 Å². The molecule has 1 heterocycles. The van der Waals surface area contributed by atoms with Crippen molar-refractivity contribution in [2.45, 2.75) is 6.92 Å². The molecule has 1 fully saturated rings. The highest BCUT2D eigenvalue weighted by atomic mass is 35.5. The normalized spacial score (nSPS) is 16.3. The quantitative estimate of drug-likeness (QED) is 0.547. The molecule has 0 spiro atoms. The smallest absolute Gasteiger partial charge is 0.335 e. The van der Waals surface area contributed by atoms with Crippen molar-refractivity contribution in [2.75, 3.05) is 4.90 Å². The molecule has 0 atom stereocenters. The van der Waals surface area contributed by atoms with Crippen molar-refractivity contribution in [3.63, 3.8) is 0 Å². The van der Waals surface area contributed by atoms with E-state index in [0.29, 0.717) is 19.9 Å². The summed E-state index contributed by atoms with van der Waals surface area (Å²) < 4.78 is 0.334. The fraction of sp³-hybridized carbons (Fsp3) is 0.0500. The number of benzene rings is 2. The second-order valence-electron chi connectivity index (χ2n) is 5.76. The van der Waals surface area contributed by atoms with Crippen molar-refractivity contribution in [1.82, 2.24) is 0 Å². The van der Waals surface area contributed by atoms with Crippen molar-refractivity contribution in [3.05, 3.63) is 81.2 Å². The summed E-state index contributed by atoms with van der Waals surface area (Å²) in [5.41, 5.74) is 2.22. The molecule has 0 unspecified atom stereocenters. The predicted octanol–water partition coefficient (Wildman–Crippen LogP) is 5.22. The fourth-order valence-corrected chi connectivity index (χ4v) is 4.11. The zero-order chi connectivity index (χ0) is 19.6. The molecule has 0 aliphatic carbocycles. The van der Waals surface area contributed by atoms with E-state index in [1.54, 1.807) is 25.1 Å². The largest absolute Gasteiger partial charge is 0.478 e. The monoisotopic (exact) mass is 415 g/mol. The molecule has 0 radical (unpaired) electrons. The van der Waals surface area contributed by atoms with E-state index in [-0.39, 0.29) is 11.5 Å². The number of thioether (sulfide) groups is 1. The minimum Gasteiger partial charge on any atom is -0.478 e. The molecule has 2 aromatic carbocycles. The standard InChI is InChI=1S/C20H14ClNO3S2/c1-12-7-8-14(19(24)25)10-16(12)22-18(23)17(27-20(22)26)11-15(21)9-13-5-3-2-4-6-13/h2-11H,1H3,(H,24,25). The van der Waals surface area contributed by atoms with Gasteiger partial charge in [0.25, 0.3) is 5.91 Å². The minimum absolute atomic E-state index is 0.0932. The van der Waals surface area contributed by atoms with E-state index in [1.165, 1.54) is 17.0 Å². The molecule has 0 aromatic heterocycles. The van der Waals surface area contributed by atoms with Crippen molar-refractivity contribution in [2.24, 2.45) is 0 Å². The number of carbonyl (C=O) groups is 2. The summed E-state index contributed by atoms with van der Waals surface area (Å²) in [5, 5.41) is 9.61. The third kappa shape index (κ3) is 4.30. The Morgan fingerprint density at radius 3 is 2.59 bits per heavy atom. The van der Waals surface area contributed by atoms with E-state index in [1.807, 2.05) is 30.3 Å². The zero-order valence-electron chi connectivity index (χ0n) is 14.2. The van der Waals surface area contributed by atoms with Crippen molar-refractivity contribution in [3.8, 4) is 0 Å². The molecule has 7 heteroatoms. The summed E-state index contributed by atoms with van der Waals surface area (Å²) in [6.45, 7) is 1.80. The number of halogens is 1. The van der Waals surface area contributed by atoms with Gasteiger partial charge in [-0.1, -0.05) is 72.0 Å². The van der Waals surface area contributed by atoms with E-state index >= 15 is 0 Å². The van der Waals surface area contributed by atoms with Crippen LogP contribution in [0.5, 0.6) is 0 Å². The maximum Gasteiger partial charge on any atom is 0.335 e. The van der Waals surface area contributed by atoms with Gasteiger partial charge in [-0.15, -0.1) is 0 Å². The average Bonchev–Trinajstić information content (AvgIpc) is 2.89. The van der Waals surface area contributed by atoms with Crippen molar-refractivity contribution < 1.29 is 14.7 Å². The average molecular weight is 416 g/mol. The van der Waals surface area contributed by atoms with Gasteiger partial charge in [0.1, 0.15) is 0 Å². The Balaban J connectivity index is 1.93. The lowest BCUT2D eigenvalue weighted by Crippen LogP contribution is -2.28. The molecule has 1 aliphatic rings. The van der Waals surface area contributed by atoms with E-state index in [2.05, 4.69) is 0 Å². The minimum atomic E-state index is -1.06. The van der Waals surface area contributed by atoms with E-state index in [9.17, 15) is 14.7 Å². The van der Waals surface area contributed by atoms with Crippen LogP contribution in [-0.4, -0.2) is 21.3 Å². The molecule has 1 amide bonds. The highest BCUT2D eigenvalue weighted by Crippen LogP contribution is 2.37. The first-order chi connectivity index (χ1) is 12.9. The van der Waals surface area contributed by atoms with Gasteiger partial charge in [-0.05, 0) is 42.3 Å². The first-order valence-corrected chi connectivity index (χ1v) is 9.51. The SMILES string of the molecule is Cc1ccc(C(=O)O)cc1N1C(=O)C(=CC(Cl)=Cc2ccccc2)SC1=S. The number of hydrogen-bond acceptors (Lipinski definition) is 4. The fourth-order valence-electron chi connectivity index (χ4n) is 2.53. The van der Waals surface area contributed by atoms with Gasteiger partial charge in [0.05, 0.1) is 16.2 Å². The Labute approximate surface area is 171 Å². The van der Waals surface area contributed by atoms with Crippen LogP contribution in [0.25, 0.3) is 6.08 Å². The van der Waals surface area contributed by atoms with Crippen LogP contribution in [0.1, 0.15) is 21.5 Å². The molecular formula is C20H14ClNO3S2. The molecule has 136 valence electrons. The van der Waals surface area contributed by atoms with Crippen LogP contribution >= 0.6 is 35.6 Å². The van der Waals surface area contributed by atoms with Gasteiger partial charge in [0, 0.05) is 5.03 Å². The van der Waals surface area contributed by atoms with Crippen LogP contribution in [-0.2, 0) is 4.79 Å². The molecule has 3 rings (SSSR count). The molecule has 0 bridgehead atoms. The molecule has 0 saturated carbocycles. The number of thiocarbonyl (C=S) groups is 1. The molecular weight excluding hydrogens is 402 g/mol. The van der Waals surface area contributed by atoms with Gasteiger partial charge in [-0.3, -0.25) is 9.69 Å². The third-order valence-electron chi connectivity index (χ3n) is 3.86. The van der Waals surface area contributed by atoms with Gasteiger partial charge in [0.2, 0.25) is 0 Å². The number of anilines is 1. The Hall–Kier alpha value is -2.41. The lowest BCUT2D eigenvalue weighted by atomic mass is 10.1. The summed E-state index contributed by atoms with van der Waals surface area (Å²) in [4.78, 5) is 25.8. The van der Waals surface area contributed by atoms with Gasteiger partial charge >= 0.3 is 5.97 Å². The number of carbonyl (C=O) groups excluding carboxylic acids is 1. The number of amides is 1. The first-order valence-electron chi connectivity index (χ1n) is 7.91. The molecule has 27 heavy (non-hydrogen) atoms. The van der Waals surface area contributed by atoms with E-state index in [4.69, 9.17) is 23.8 Å². The predicted molar refractivity (Wildman–Crippen MR) is 114 cm³/mol. The lowest BCUT2D eigenvalue weighted by molar-refractivity contribution is -0.113. The van der Waals surface area contributed by atoms with Crippen LogP contribution in [0.15, 0.2) is 64.5 Å². The van der Waals surface area contributed by atoms with Crippen LogP contribution in [0, 0.1) is 6.92 Å². The highest BCUT2D eigenvalue weighted by Gasteiger charge is 2.34. The number of rotatable bonds is 4. The first kappa shape index (κ1) is 19.4. The van der Waals surface area contributed by atoms with Crippen LogP contribution in [0.4, 0.5) is 5.69 Å². The Bertz CT molecular complexity index is 1000. The number of aromatic carboxylic acids is 1. The van der Waals surface area contributed by atoms with Crippen LogP contribution < -0.4 is 4.90 Å². The Morgan fingerprint density at radius 1 is 1.22 bits per heavy atom. The second kappa shape index (κ2) is 8.08. The Morgan fingerprint density at radius 2 is 1.93 bits per heavy atom.